The number of nitrogens with zero attached hydrogens (tertiary/aromatic N) is 2. The second kappa shape index (κ2) is 2.53. The second-order valence-electron chi connectivity index (χ2n) is 2.11. The normalized spacial score (nSPS) is 9.55. The largest absolute Gasteiger partial charge is 0.383 e. The maximum atomic E-state index is 6.97. The van der Waals surface area contributed by atoms with Gasteiger partial charge in [0.05, 0.1) is 11.3 Å². The van der Waals surface area contributed by atoms with E-state index in [4.69, 9.17) is 16.9 Å². The number of hydrogen-bond donors (Lipinski definition) is 3. The van der Waals surface area contributed by atoms with Crippen LogP contribution < -0.4 is 11.5 Å². The van der Waals surface area contributed by atoms with Gasteiger partial charge in [-0.05, 0) is 6.92 Å². The van der Waals surface area contributed by atoms with E-state index in [1.165, 1.54) is 0 Å². The van der Waals surface area contributed by atoms with Gasteiger partial charge in [-0.1, -0.05) is 0 Å². The summed E-state index contributed by atoms with van der Waals surface area (Å²) in [4.78, 5) is 7.54. The van der Waals surface area contributed by atoms with E-state index >= 15 is 0 Å². The van der Waals surface area contributed by atoms with Crippen LogP contribution in [0.4, 0.5) is 11.8 Å². The molecule has 0 atom stereocenters. The summed E-state index contributed by atoms with van der Waals surface area (Å²) >= 11 is 0. The Morgan fingerprint density at radius 2 is 2.00 bits per heavy atom. The third kappa shape index (κ3) is 1.26. The quantitative estimate of drug-likeness (QED) is 0.489. The summed E-state index contributed by atoms with van der Waals surface area (Å²) in [5.74, 6) is 0.399. The van der Waals surface area contributed by atoms with E-state index in [-0.39, 0.29) is 11.8 Å². The first-order chi connectivity index (χ1) is 5.15. The molecule has 0 fully saturated rings. The molecule has 1 heterocycles. The number of nitrogens with two attached hydrogens (primary N) is 2. The molecule has 1 aromatic heterocycles. The van der Waals surface area contributed by atoms with Crippen LogP contribution in [0, 0.1) is 12.3 Å². The maximum Gasteiger partial charge on any atom is 0.222 e. The summed E-state index contributed by atoms with van der Waals surface area (Å²) < 4.78 is 0. The number of aromatic nitrogens is 2. The average molecular weight is 151 g/mol. The summed E-state index contributed by atoms with van der Waals surface area (Å²) in [6.07, 6.45) is 1.12. The van der Waals surface area contributed by atoms with E-state index < -0.39 is 0 Å². The molecular formula is C6H9N5. The molecule has 0 spiro atoms. The molecule has 0 saturated carbocycles. The Morgan fingerprint density at radius 1 is 1.36 bits per heavy atom. The highest BCUT2D eigenvalue weighted by Crippen LogP contribution is 2.10. The van der Waals surface area contributed by atoms with E-state index in [1.807, 2.05) is 0 Å². The molecule has 5 nitrogen and oxygen atoms in total. The van der Waals surface area contributed by atoms with E-state index in [9.17, 15) is 0 Å². The molecule has 0 aliphatic heterocycles. The molecule has 5 heteroatoms. The van der Waals surface area contributed by atoms with Crippen molar-refractivity contribution in [3.8, 4) is 0 Å². The first kappa shape index (κ1) is 7.46. The van der Waals surface area contributed by atoms with Gasteiger partial charge in [-0.2, -0.15) is 4.98 Å². The highest BCUT2D eigenvalue weighted by atomic mass is 15.0. The van der Waals surface area contributed by atoms with Crippen LogP contribution in [0.5, 0.6) is 0 Å². The molecule has 11 heavy (non-hydrogen) atoms. The van der Waals surface area contributed by atoms with Gasteiger partial charge >= 0.3 is 0 Å². The molecular weight excluding hydrogens is 142 g/mol. The Bertz CT molecular complexity index is 270. The van der Waals surface area contributed by atoms with Crippen molar-refractivity contribution in [1.82, 2.24) is 9.97 Å². The fourth-order valence-electron chi connectivity index (χ4n) is 0.804. The zero-order chi connectivity index (χ0) is 8.43. The van der Waals surface area contributed by atoms with Crippen LogP contribution in [0.2, 0.25) is 0 Å². The monoisotopic (exact) mass is 151 g/mol. The lowest BCUT2D eigenvalue weighted by Crippen LogP contribution is -2.05. The number of aryl methyl sites for hydroxylation is 1. The van der Waals surface area contributed by atoms with Crippen LogP contribution in [0.25, 0.3) is 0 Å². The van der Waals surface area contributed by atoms with E-state index in [0.29, 0.717) is 11.3 Å². The maximum absolute atomic E-state index is 6.97. The van der Waals surface area contributed by atoms with Crippen LogP contribution in [0.3, 0.4) is 0 Å². The molecule has 1 aromatic rings. The zero-order valence-electron chi connectivity index (χ0n) is 6.13. The smallest absolute Gasteiger partial charge is 0.222 e. The van der Waals surface area contributed by atoms with Crippen molar-refractivity contribution in [1.29, 1.82) is 5.41 Å². The summed E-state index contributed by atoms with van der Waals surface area (Å²) in [6, 6.07) is 0. The van der Waals surface area contributed by atoms with Crippen molar-refractivity contribution in [2.75, 3.05) is 11.5 Å². The number of rotatable bonds is 1. The lowest BCUT2D eigenvalue weighted by atomic mass is 10.2. The van der Waals surface area contributed by atoms with E-state index in [2.05, 4.69) is 9.97 Å². The van der Waals surface area contributed by atoms with Gasteiger partial charge in [-0.25, -0.2) is 4.98 Å². The Morgan fingerprint density at radius 3 is 2.45 bits per heavy atom. The van der Waals surface area contributed by atoms with Crippen LogP contribution in [-0.4, -0.2) is 16.2 Å². The predicted molar refractivity (Wildman–Crippen MR) is 43.5 cm³/mol. The van der Waals surface area contributed by atoms with Crippen molar-refractivity contribution >= 4 is 18.0 Å². The van der Waals surface area contributed by atoms with Crippen LogP contribution in [-0.2, 0) is 0 Å². The predicted octanol–water partition coefficient (Wildman–Crippen LogP) is -0.0529. The molecule has 0 aliphatic carbocycles. The average Bonchev–Trinajstić information content (AvgIpc) is 1.85. The lowest BCUT2D eigenvalue weighted by Gasteiger charge is -2.02. The summed E-state index contributed by atoms with van der Waals surface area (Å²) in [5.41, 5.74) is 11.9. The number of nitrogens with one attached hydrogen (secondary N) is 1. The van der Waals surface area contributed by atoms with Gasteiger partial charge in [0.2, 0.25) is 5.95 Å². The molecule has 0 bridgehead atoms. The van der Waals surface area contributed by atoms with Crippen molar-refractivity contribution in [3.63, 3.8) is 0 Å². The van der Waals surface area contributed by atoms with Gasteiger partial charge in [-0.15, -0.1) is 0 Å². The van der Waals surface area contributed by atoms with Gasteiger partial charge in [0.25, 0.3) is 0 Å². The summed E-state index contributed by atoms with van der Waals surface area (Å²) in [6.45, 7) is 1.73. The molecule has 0 saturated heterocycles. The van der Waals surface area contributed by atoms with E-state index in [0.717, 1.165) is 6.21 Å². The molecule has 0 radical (unpaired) electrons. The zero-order valence-corrected chi connectivity index (χ0v) is 6.13. The van der Waals surface area contributed by atoms with Crippen molar-refractivity contribution in [2.45, 2.75) is 6.92 Å². The van der Waals surface area contributed by atoms with Gasteiger partial charge in [0.1, 0.15) is 5.82 Å². The van der Waals surface area contributed by atoms with Crippen molar-refractivity contribution in [2.24, 2.45) is 0 Å². The topological polar surface area (TPSA) is 102 Å². The minimum absolute atomic E-state index is 0.144. The minimum Gasteiger partial charge on any atom is -0.383 e. The first-order valence-corrected chi connectivity index (χ1v) is 3.05. The SMILES string of the molecule is Cc1nc(N)nc(N)c1C=N. The first-order valence-electron chi connectivity index (χ1n) is 3.05. The standard InChI is InChI=1S/C6H9N5/c1-3-4(2-7)5(8)11-6(9)10-3/h2,7H,1H3,(H4,8,9,10,11). The molecule has 0 aromatic carbocycles. The lowest BCUT2D eigenvalue weighted by molar-refractivity contribution is 1.12. The Labute approximate surface area is 64.0 Å². The van der Waals surface area contributed by atoms with Gasteiger partial charge < -0.3 is 16.9 Å². The molecule has 0 aliphatic rings. The molecule has 1 rings (SSSR count). The summed E-state index contributed by atoms with van der Waals surface area (Å²) in [7, 11) is 0. The van der Waals surface area contributed by atoms with Crippen molar-refractivity contribution < 1.29 is 0 Å². The van der Waals surface area contributed by atoms with Crippen LogP contribution >= 0.6 is 0 Å². The fourth-order valence-corrected chi connectivity index (χ4v) is 0.804. The van der Waals surface area contributed by atoms with Crippen molar-refractivity contribution in [3.05, 3.63) is 11.3 Å². The third-order valence-electron chi connectivity index (χ3n) is 1.33. The molecule has 0 amide bonds. The van der Waals surface area contributed by atoms with Crippen LogP contribution in [0.15, 0.2) is 0 Å². The Balaban J connectivity index is 3.36. The fraction of sp³-hybridized carbons (Fsp3) is 0.167. The number of nitrogen functional groups attached to an aromatic ring is 2. The van der Waals surface area contributed by atoms with Gasteiger partial charge in [-0.3, -0.25) is 0 Å². The molecule has 0 unspecified atom stereocenters. The Kier molecular flexibility index (Phi) is 1.72. The van der Waals surface area contributed by atoms with E-state index in [1.54, 1.807) is 6.92 Å². The minimum atomic E-state index is 0.144. The van der Waals surface area contributed by atoms with Crippen LogP contribution in [0.1, 0.15) is 11.3 Å². The van der Waals surface area contributed by atoms with Gasteiger partial charge in [0.15, 0.2) is 0 Å². The highest BCUT2D eigenvalue weighted by molar-refractivity contribution is 5.84. The molecule has 5 N–H and O–H groups in total. The Hall–Kier alpha value is -1.65. The number of anilines is 2. The molecule has 58 valence electrons. The highest BCUT2D eigenvalue weighted by Gasteiger charge is 2.03. The number of hydrogen-bond acceptors (Lipinski definition) is 5. The van der Waals surface area contributed by atoms with Gasteiger partial charge in [0, 0.05) is 6.21 Å². The second-order valence-corrected chi connectivity index (χ2v) is 2.11. The summed E-state index contributed by atoms with van der Waals surface area (Å²) in [5, 5.41) is 6.97. The third-order valence-corrected chi connectivity index (χ3v) is 1.33.